The van der Waals surface area contributed by atoms with Gasteiger partial charge >= 0.3 is 12.0 Å². The number of benzene rings is 2. The van der Waals surface area contributed by atoms with Gasteiger partial charge in [-0.1, -0.05) is 29.8 Å². The lowest BCUT2D eigenvalue weighted by Crippen LogP contribution is -2.39. The van der Waals surface area contributed by atoms with Gasteiger partial charge in [0, 0.05) is 23.3 Å². The molecule has 2 aromatic rings. The Hall–Kier alpha value is -3.06. The second-order valence-electron chi connectivity index (χ2n) is 6.77. The molecule has 3 amide bonds. The maximum absolute atomic E-state index is 12.1. The number of nitrogens with one attached hydrogen (secondary N) is 3. The van der Waals surface area contributed by atoms with Crippen molar-refractivity contribution in [2.45, 2.75) is 33.4 Å². The van der Waals surface area contributed by atoms with Crippen LogP contribution in [0.4, 0.5) is 10.5 Å². The van der Waals surface area contributed by atoms with E-state index in [9.17, 15) is 14.4 Å². The van der Waals surface area contributed by atoms with Gasteiger partial charge in [-0.3, -0.25) is 4.79 Å². The smallest absolute Gasteiger partial charge is 0.338 e. The minimum absolute atomic E-state index is 0.0485. The summed E-state index contributed by atoms with van der Waals surface area (Å²) in [5, 5.41) is 8.60. The lowest BCUT2D eigenvalue weighted by atomic mass is 10.1. The van der Waals surface area contributed by atoms with Gasteiger partial charge in [-0.2, -0.15) is 0 Å². The highest BCUT2D eigenvalue weighted by molar-refractivity contribution is 6.31. The highest BCUT2D eigenvalue weighted by Crippen LogP contribution is 2.19. The number of urea groups is 1. The maximum atomic E-state index is 12.1. The largest absolute Gasteiger partial charge is 0.452 e. The molecule has 0 saturated carbocycles. The first-order valence-electron chi connectivity index (χ1n) is 9.11. The van der Waals surface area contributed by atoms with E-state index in [1.165, 1.54) is 0 Å². The van der Waals surface area contributed by atoms with Crippen LogP contribution in [-0.2, 0) is 16.1 Å². The first-order chi connectivity index (χ1) is 13.7. The molecular weight excluding hydrogens is 394 g/mol. The Kier molecular flexibility index (Phi) is 8.03. The first kappa shape index (κ1) is 22.2. The van der Waals surface area contributed by atoms with E-state index in [4.69, 9.17) is 16.3 Å². The van der Waals surface area contributed by atoms with Crippen molar-refractivity contribution in [3.63, 3.8) is 0 Å². The molecule has 0 fully saturated rings. The van der Waals surface area contributed by atoms with Crippen molar-refractivity contribution in [2.24, 2.45) is 0 Å². The van der Waals surface area contributed by atoms with Crippen LogP contribution in [0.25, 0.3) is 0 Å². The van der Waals surface area contributed by atoms with Crippen molar-refractivity contribution in [3.05, 3.63) is 64.2 Å². The van der Waals surface area contributed by atoms with Gasteiger partial charge < -0.3 is 20.7 Å². The molecule has 0 aliphatic heterocycles. The minimum atomic E-state index is -0.612. The summed E-state index contributed by atoms with van der Waals surface area (Å²) in [7, 11) is 0. The monoisotopic (exact) mass is 417 g/mol. The number of esters is 1. The number of carbonyl (C=O) groups excluding carboxylic acids is 3. The van der Waals surface area contributed by atoms with Crippen molar-refractivity contribution in [3.8, 4) is 0 Å². The average Bonchev–Trinajstić information content (AvgIpc) is 2.67. The van der Waals surface area contributed by atoms with Crippen LogP contribution in [0.5, 0.6) is 0 Å². The van der Waals surface area contributed by atoms with Gasteiger partial charge in [0.2, 0.25) is 0 Å². The molecule has 3 N–H and O–H groups in total. The molecule has 2 aromatic carbocycles. The average molecular weight is 418 g/mol. The standard InChI is InChI=1S/C21H24ClN3O4/c1-13(2)24-21(28)23-11-15-5-7-16(8-6-15)20(27)29-12-19(26)25-17-9-4-14(3)18(22)10-17/h4-10,13H,11-12H2,1-3H3,(H,25,26)(H2,23,24,28). The van der Waals surface area contributed by atoms with Gasteiger partial charge in [-0.25, -0.2) is 9.59 Å². The molecule has 0 aliphatic rings. The van der Waals surface area contributed by atoms with Gasteiger partial charge in [0.1, 0.15) is 0 Å². The molecule has 0 bridgehead atoms. The fraction of sp³-hybridized carbons (Fsp3) is 0.286. The number of carbonyl (C=O) groups is 3. The molecule has 2 rings (SSSR count). The molecule has 7 nitrogen and oxygen atoms in total. The minimum Gasteiger partial charge on any atom is -0.452 e. The van der Waals surface area contributed by atoms with E-state index in [1.54, 1.807) is 42.5 Å². The van der Waals surface area contributed by atoms with E-state index in [0.29, 0.717) is 22.8 Å². The third kappa shape index (κ3) is 7.46. The summed E-state index contributed by atoms with van der Waals surface area (Å²) in [5.74, 6) is -1.07. The summed E-state index contributed by atoms with van der Waals surface area (Å²) in [6.07, 6.45) is 0. The zero-order valence-corrected chi connectivity index (χ0v) is 17.3. The Bertz CT molecular complexity index is 882. The molecule has 8 heteroatoms. The van der Waals surface area contributed by atoms with Crippen molar-refractivity contribution >= 4 is 35.2 Å². The van der Waals surface area contributed by atoms with Crippen LogP contribution in [0.1, 0.15) is 35.3 Å². The van der Waals surface area contributed by atoms with Gasteiger partial charge in [0.05, 0.1) is 5.56 Å². The number of hydrogen-bond acceptors (Lipinski definition) is 4. The predicted molar refractivity (Wildman–Crippen MR) is 112 cm³/mol. The molecule has 0 aliphatic carbocycles. The van der Waals surface area contributed by atoms with E-state index < -0.39 is 18.5 Å². The van der Waals surface area contributed by atoms with Crippen LogP contribution >= 0.6 is 11.6 Å². The molecule has 0 heterocycles. The van der Waals surface area contributed by atoms with Gasteiger partial charge in [-0.15, -0.1) is 0 Å². The Labute approximate surface area is 174 Å². The van der Waals surface area contributed by atoms with E-state index in [0.717, 1.165) is 11.1 Å². The lowest BCUT2D eigenvalue weighted by molar-refractivity contribution is -0.119. The van der Waals surface area contributed by atoms with Crippen LogP contribution in [0.15, 0.2) is 42.5 Å². The number of anilines is 1. The number of amides is 3. The molecule has 0 spiro atoms. The van der Waals surface area contributed by atoms with E-state index in [-0.39, 0.29) is 12.1 Å². The van der Waals surface area contributed by atoms with Gasteiger partial charge in [0.25, 0.3) is 5.91 Å². The Morgan fingerprint density at radius 2 is 1.76 bits per heavy atom. The van der Waals surface area contributed by atoms with Crippen LogP contribution in [0, 0.1) is 6.92 Å². The second kappa shape index (κ2) is 10.5. The SMILES string of the molecule is Cc1ccc(NC(=O)COC(=O)c2ccc(CNC(=O)NC(C)C)cc2)cc1Cl. The highest BCUT2D eigenvalue weighted by atomic mass is 35.5. The summed E-state index contributed by atoms with van der Waals surface area (Å²) in [6, 6.07) is 11.5. The van der Waals surface area contributed by atoms with E-state index in [1.807, 2.05) is 20.8 Å². The van der Waals surface area contributed by atoms with Crippen LogP contribution < -0.4 is 16.0 Å². The molecule has 154 valence electrons. The molecule has 0 radical (unpaired) electrons. The molecule has 0 saturated heterocycles. The van der Waals surface area contributed by atoms with Crippen molar-refractivity contribution in [1.82, 2.24) is 10.6 Å². The maximum Gasteiger partial charge on any atom is 0.338 e. The quantitative estimate of drug-likeness (QED) is 0.599. The zero-order valence-electron chi connectivity index (χ0n) is 16.5. The van der Waals surface area contributed by atoms with Crippen LogP contribution in [0.2, 0.25) is 5.02 Å². The van der Waals surface area contributed by atoms with E-state index >= 15 is 0 Å². The normalized spacial score (nSPS) is 10.4. The number of rotatable bonds is 7. The topological polar surface area (TPSA) is 96.5 Å². The third-order valence-corrected chi connectivity index (χ3v) is 4.26. The van der Waals surface area contributed by atoms with Crippen molar-refractivity contribution < 1.29 is 19.1 Å². The van der Waals surface area contributed by atoms with Crippen LogP contribution in [-0.4, -0.2) is 30.6 Å². The van der Waals surface area contributed by atoms with Gasteiger partial charge in [0.15, 0.2) is 6.61 Å². The fourth-order valence-corrected chi connectivity index (χ4v) is 2.52. The first-order valence-corrected chi connectivity index (χ1v) is 9.49. The number of aryl methyl sites for hydroxylation is 1. The van der Waals surface area contributed by atoms with Crippen LogP contribution in [0.3, 0.4) is 0 Å². The molecule has 0 atom stereocenters. The Balaban J connectivity index is 1.80. The summed E-state index contributed by atoms with van der Waals surface area (Å²) in [6.45, 7) is 5.52. The van der Waals surface area contributed by atoms with Gasteiger partial charge in [-0.05, 0) is 56.2 Å². The summed E-state index contributed by atoms with van der Waals surface area (Å²) >= 11 is 6.02. The van der Waals surface area contributed by atoms with Crippen molar-refractivity contribution in [2.75, 3.05) is 11.9 Å². The Morgan fingerprint density at radius 1 is 1.07 bits per heavy atom. The molecule has 0 aromatic heterocycles. The highest BCUT2D eigenvalue weighted by Gasteiger charge is 2.11. The summed E-state index contributed by atoms with van der Waals surface area (Å²) in [5.41, 5.74) is 2.57. The number of halogens is 1. The predicted octanol–water partition coefficient (Wildman–Crippen LogP) is 3.65. The molecular formula is C21H24ClN3O4. The molecule has 0 unspecified atom stereocenters. The number of hydrogen-bond donors (Lipinski definition) is 3. The number of ether oxygens (including phenoxy) is 1. The third-order valence-electron chi connectivity index (χ3n) is 3.85. The second-order valence-corrected chi connectivity index (χ2v) is 7.17. The van der Waals surface area contributed by atoms with E-state index in [2.05, 4.69) is 16.0 Å². The fourth-order valence-electron chi connectivity index (χ4n) is 2.34. The zero-order chi connectivity index (χ0) is 21.4. The summed E-state index contributed by atoms with van der Waals surface area (Å²) in [4.78, 5) is 35.6. The Morgan fingerprint density at radius 3 is 2.38 bits per heavy atom. The lowest BCUT2D eigenvalue weighted by Gasteiger charge is -2.10. The molecule has 29 heavy (non-hydrogen) atoms. The summed E-state index contributed by atoms with van der Waals surface area (Å²) < 4.78 is 5.03. The van der Waals surface area contributed by atoms with Crippen molar-refractivity contribution in [1.29, 1.82) is 0 Å².